The average molecular weight is 360 g/mol. The van der Waals surface area contributed by atoms with Crippen LogP contribution in [0, 0.1) is 11.6 Å². The van der Waals surface area contributed by atoms with Gasteiger partial charge in [-0.15, -0.1) is 0 Å². The molecule has 0 unspecified atom stereocenters. The lowest BCUT2D eigenvalue weighted by atomic mass is 10.2. The van der Waals surface area contributed by atoms with Crippen LogP contribution in [0.1, 0.15) is 17.5 Å². The van der Waals surface area contributed by atoms with Gasteiger partial charge in [-0.3, -0.25) is 9.79 Å². The van der Waals surface area contributed by atoms with Gasteiger partial charge in [0.25, 0.3) is 0 Å². The van der Waals surface area contributed by atoms with Crippen molar-refractivity contribution >= 4 is 11.9 Å². The van der Waals surface area contributed by atoms with Crippen molar-refractivity contribution in [3.05, 3.63) is 71.3 Å². The lowest BCUT2D eigenvalue weighted by molar-refractivity contribution is -0.121. The lowest BCUT2D eigenvalue weighted by Crippen LogP contribution is -2.39. The maximum absolute atomic E-state index is 13.6. The first-order valence-electron chi connectivity index (χ1n) is 8.27. The molecule has 1 amide bonds. The van der Waals surface area contributed by atoms with Crippen LogP contribution in [0.3, 0.4) is 0 Å². The summed E-state index contributed by atoms with van der Waals surface area (Å²) >= 11 is 0. The molecular formula is C19H22F2N4O. The maximum atomic E-state index is 13.6. The predicted octanol–water partition coefficient (Wildman–Crippen LogP) is 2.34. The quantitative estimate of drug-likeness (QED) is 0.525. The second kappa shape index (κ2) is 10.1. The Morgan fingerprint density at radius 2 is 1.77 bits per heavy atom. The molecule has 7 heteroatoms. The van der Waals surface area contributed by atoms with E-state index in [-0.39, 0.29) is 24.4 Å². The van der Waals surface area contributed by atoms with Gasteiger partial charge in [-0.1, -0.05) is 30.3 Å². The van der Waals surface area contributed by atoms with E-state index in [9.17, 15) is 13.6 Å². The number of rotatable bonds is 7. The summed E-state index contributed by atoms with van der Waals surface area (Å²) in [4.78, 5) is 15.8. The molecule has 0 radical (unpaired) electrons. The molecule has 0 heterocycles. The van der Waals surface area contributed by atoms with Crippen molar-refractivity contribution in [3.8, 4) is 0 Å². The summed E-state index contributed by atoms with van der Waals surface area (Å²) in [6.45, 7) is 0.931. The molecule has 26 heavy (non-hydrogen) atoms. The molecule has 0 fully saturated rings. The minimum Gasteiger partial charge on any atom is -0.356 e. The van der Waals surface area contributed by atoms with E-state index in [4.69, 9.17) is 0 Å². The number of hydrogen-bond donors (Lipinski definition) is 3. The van der Waals surface area contributed by atoms with Gasteiger partial charge in [0.1, 0.15) is 11.6 Å². The van der Waals surface area contributed by atoms with Crippen LogP contribution < -0.4 is 16.0 Å². The van der Waals surface area contributed by atoms with Gasteiger partial charge in [-0.25, -0.2) is 8.78 Å². The number of carbonyl (C=O) groups excluding carboxylic acids is 1. The van der Waals surface area contributed by atoms with Crippen molar-refractivity contribution in [2.24, 2.45) is 4.99 Å². The molecule has 0 spiro atoms. The molecular weight excluding hydrogens is 338 g/mol. The summed E-state index contributed by atoms with van der Waals surface area (Å²) in [6.07, 6.45) is 0.266. The summed E-state index contributed by atoms with van der Waals surface area (Å²) in [5.41, 5.74) is 1.23. The Balaban J connectivity index is 1.70. The highest BCUT2D eigenvalue weighted by molar-refractivity contribution is 5.81. The first-order chi connectivity index (χ1) is 12.6. The molecule has 2 rings (SSSR count). The van der Waals surface area contributed by atoms with E-state index in [2.05, 4.69) is 20.9 Å². The fourth-order valence-corrected chi connectivity index (χ4v) is 2.26. The van der Waals surface area contributed by atoms with Gasteiger partial charge >= 0.3 is 0 Å². The predicted molar refractivity (Wildman–Crippen MR) is 97.5 cm³/mol. The van der Waals surface area contributed by atoms with Crippen molar-refractivity contribution in [2.75, 3.05) is 13.6 Å². The van der Waals surface area contributed by atoms with Crippen molar-refractivity contribution in [2.45, 2.75) is 19.5 Å². The molecule has 0 atom stereocenters. The van der Waals surface area contributed by atoms with Gasteiger partial charge in [0.05, 0.1) is 0 Å². The third-order valence-corrected chi connectivity index (χ3v) is 3.65. The van der Waals surface area contributed by atoms with Gasteiger partial charge in [-0.2, -0.15) is 0 Å². The Morgan fingerprint density at radius 1 is 1.00 bits per heavy atom. The summed E-state index contributed by atoms with van der Waals surface area (Å²) in [7, 11) is 1.56. The van der Waals surface area contributed by atoms with E-state index in [1.165, 1.54) is 0 Å². The normalized spacial score (nSPS) is 11.1. The number of guanidine groups is 1. The van der Waals surface area contributed by atoms with Crippen molar-refractivity contribution in [1.29, 1.82) is 0 Å². The molecule has 5 nitrogen and oxygen atoms in total. The molecule has 138 valence electrons. The van der Waals surface area contributed by atoms with Crippen LogP contribution >= 0.6 is 0 Å². The van der Waals surface area contributed by atoms with Crippen molar-refractivity contribution in [1.82, 2.24) is 16.0 Å². The highest BCUT2D eigenvalue weighted by atomic mass is 19.1. The number of aliphatic imine (C=N–C) groups is 1. The third-order valence-electron chi connectivity index (χ3n) is 3.65. The number of carbonyl (C=O) groups is 1. The molecule has 0 saturated heterocycles. The van der Waals surface area contributed by atoms with Gasteiger partial charge in [-0.05, 0) is 23.8 Å². The molecule has 0 bridgehead atoms. The number of nitrogens with zero attached hydrogens (tertiary/aromatic N) is 1. The number of amides is 1. The van der Waals surface area contributed by atoms with E-state index in [1.54, 1.807) is 7.05 Å². The standard InChI is InChI=1S/C19H22F2N4O/c1-22-19(25-13-15-11-16(20)7-8-17(15)21)23-10-9-18(26)24-12-14-5-3-2-4-6-14/h2-8,11H,9-10,12-13H2,1H3,(H,24,26)(H2,22,23,25). The van der Waals surface area contributed by atoms with Crippen LogP contribution in [-0.2, 0) is 17.9 Å². The number of nitrogens with one attached hydrogen (secondary N) is 3. The summed E-state index contributed by atoms with van der Waals surface area (Å²) in [6, 6.07) is 12.9. The van der Waals surface area contributed by atoms with E-state index in [0.717, 1.165) is 23.8 Å². The Bertz CT molecular complexity index is 750. The van der Waals surface area contributed by atoms with Gasteiger partial charge in [0.2, 0.25) is 5.91 Å². The molecule has 0 aliphatic heterocycles. The first-order valence-corrected chi connectivity index (χ1v) is 8.27. The maximum Gasteiger partial charge on any atom is 0.222 e. The second-order valence-corrected chi connectivity index (χ2v) is 5.60. The fraction of sp³-hybridized carbons (Fsp3) is 0.263. The summed E-state index contributed by atoms with van der Waals surface area (Å²) < 4.78 is 26.7. The highest BCUT2D eigenvalue weighted by Gasteiger charge is 2.06. The lowest BCUT2D eigenvalue weighted by Gasteiger charge is -2.12. The monoisotopic (exact) mass is 360 g/mol. The van der Waals surface area contributed by atoms with Gasteiger partial charge in [0, 0.05) is 38.7 Å². The smallest absolute Gasteiger partial charge is 0.222 e. The molecule has 0 aliphatic rings. The number of benzene rings is 2. The fourth-order valence-electron chi connectivity index (χ4n) is 2.26. The Hall–Kier alpha value is -2.96. The molecule has 0 aliphatic carbocycles. The zero-order chi connectivity index (χ0) is 18.8. The van der Waals surface area contributed by atoms with Crippen LogP contribution in [0.5, 0.6) is 0 Å². The van der Waals surface area contributed by atoms with Crippen molar-refractivity contribution in [3.63, 3.8) is 0 Å². The summed E-state index contributed by atoms with van der Waals surface area (Å²) in [5.74, 6) is -0.673. The van der Waals surface area contributed by atoms with Crippen LogP contribution in [0.4, 0.5) is 8.78 Å². The molecule has 2 aromatic rings. The van der Waals surface area contributed by atoms with E-state index >= 15 is 0 Å². The SMILES string of the molecule is CN=C(NCCC(=O)NCc1ccccc1)NCc1cc(F)ccc1F. The number of hydrogen-bond acceptors (Lipinski definition) is 2. The topological polar surface area (TPSA) is 65.5 Å². The molecule has 2 aromatic carbocycles. The van der Waals surface area contributed by atoms with Crippen molar-refractivity contribution < 1.29 is 13.6 Å². The van der Waals surface area contributed by atoms with E-state index in [0.29, 0.717) is 19.0 Å². The molecule has 0 aromatic heterocycles. The number of halogens is 2. The third kappa shape index (κ3) is 6.51. The highest BCUT2D eigenvalue weighted by Crippen LogP contribution is 2.09. The van der Waals surface area contributed by atoms with Crippen LogP contribution in [0.15, 0.2) is 53.5 Å². The minimum absolute atomic E-state index is 0.0868. The van der Waals surface area contributed by atoms with Crippen LogP contribution in [0.25, 0.3) is 0 Å². The Morgan fingerprint density at radius 3 is 2.50 bits per heavy atom. The second-order valence-electron chi connectivity index (χ2n) is 5.60. The molecule has 3 N–H and O–H groups in total. The Labute approximate surface area is 151 Å². The zero-order valence-electron chi connectivity index (χ0n) is 14.6. The molecule has 0 saturated carbocycles. The van der Waals surface area contributed by atoms with E-state index < -0.39 is 11.6 Å². The van der Waals surface area contributed by atoms with E-state index in [1.807, 2.05) is 30.3 Å². The average Bonchev–Trinajstić information content (AvgIpc) is 2.66. The van der Waals surface area contributed by atoms with Crippen LogP contribution in [0.2, 0.25) is 0 Å². The largest absolute Gasteiger partial charge is 0.356 e. The van der Waals surface area contributed by atoms with Crippen LogP contribution in [-0.4, -0.2) is 25.5 Å². The minimum atomic E-state index is -0.499. The summed E-state index contributed by atoms with van der Waals surface area (Å²) in [5, 5.41) is 8.68. The Kier molecular flexibility index (Phi) is 7.54. The zero-order valence-corrected chi connectivity index (χ0v) is 14.6. The first kappa shape index (κ1) is 19.4. The van der Waals surface area contributed by atoms with Gasteiger partial charge < -0.3 is 16.0 Å². The van der Waals surface area contributed by atoms with Gasteiger partial charge in [0.15, 0.2) is 5.96 Å².